The fourth-order valence-electron chi connectivity index (χ4n) is 3.11. The van der Waals surface area contributed by atoms with Crippen molar-refractivity contribution in [3.8, 4) is 0 Å². The first kappa shape index (κ1) is 13.7. The van der Waals surface area contributed by atoms with Gasteiger partial charge in [0, 0.05) is 12.2 Å². The van der Waals surface area contributed by atoms with Crippen molar-refractivity contribution < 1.29 is 19.1 Å². The number of hydrogen-bond acceptors (Lipinski definition) is 3. The van der Waals surface area contributed by atoms with Crippen LogP contribution in [0.3, 0.4) is 0 Å². The van der Waals surface area contributed by atoms with Gasteiger partial charge in [0.25, 0.3) is 0 Å². The molecule has 0 saturated heterocycles. The maximum Gasteiger partial charge on any atom is 0.312 e. The first-order valence-corrected chi connectivity index (χ1v) is 7.02. The molecule has 5 heteroatoms. The van der Waals surface area contributed by atoms with Gasteiger partial charge in [0.2, 0.25) is 5.78 Å². The third-order valence-corrected chi connectivity index (χ3v) is 4.13. The number of nitrogens with zero attached hydrogens (tertiary/aromatic N) is 1. The minimum atomic E-state index is -0.832. The molecule has 1 aliphatic heterocycles. The summed E-state index contributed by atoms with van der Waals surface area (Å²) in [5.74, 6) is -1.21. The van der Waals surface area contributed by atoms with Crippen LogP contribution < -0.4 is 0 Å². The summed E-state index contributed by atoms with van der Waals surface area (Å²) in [5.41, 5.74) is 2.87. The quantitative estimate of drug-likeness (QED) is 0.881. The molecule has 0 spiro atoms. The lowest BCUT2D eigenvalue weighted by Gasteiger charge is -2.23. The molecule has 0 aromatic carbocycles. The monoisotopic (exact) mass is 287 g/mol. The van der Waals surface area contributed by atoms with Gasteiger partial charge in [-0.05, 0) is 49.9 Å². The number of hydrogen-bond donors (Lipinski definition) is 1. The number of aryl methyl sites for hydroxylation is 2. The molecule has 1 unspecified atom stereocenters. The first-order chi connectivity index (χ1) is 10.0. The van der Waals surface area contributed by atoms with Crippen LogP contribution in [0, 0.1) is 13.8 Å². The molecule has 21 heavy (non-hydrogen) atoms. The third kappa shape index (κ3) is 2.09. The number of carbonyl (C=O) groups excluding carboxylic acids is 1. The Hall–Kier alpha value is -2.30. The molecular weight excluding hydrogens is 270 g/mol. The molecule has 0 amide bonds. The average Bonchev–Trinajstić information content (AvgIpc) is 2.99. The van der Waals surface area contributed by atoms with Crippen LogP contribution in [0.25, 0.3) is 0 Å². The number of rotatable bonds is 3. The van der Waals surface area contributed by atoms with Gasteiger partial charge in [0.1, 0.15) is 0 Å². The van der Waals surface area contributed by atoms with Crippen LogP contribution in [0.4, 0.5) is 0 Å². The van der Waals surface area contributed by atoms with Crippen molar-refractivity contribution in [3.63, 3.8) is 0 Å². The molecule has 1 aliphatic rings. The largest absolute Gasteiger partial charge is 0.481 e. The van der Waals surface area contributed by atoms with E-state index in [2.05, 4.69) is 0 Å². The highest BCUT2D eigenvalue weighted by molar-refractivity contribution is 6.08. The first-order valence-electron chi connectivity index (χ1n) is 7.02. The number of carboxylic acid groups (broad SMARTS) is 1. The van der Waals surface area contributed by atoms with Gasteiger partial charge in [-0.25, -0.2) is 0 Å². The summed E-state index contributed by atoms with van der Waals surface area (Å²) in [4.78, 5) is 24.1. The average molecular weight is 287 g/mol. The fourth-order valence-corrected chi connectivity index (χ4v) is 3.11. The van der Waals surface area contributed by atoms with Crippen LogP contribution in [0.5, 0.6) is 0 Å². The van der Waals surface area contributed by atoms with Crippen LogP contribution in [-0.4, -0.2) is 21.4 Å². The number of carbonyl (C=O) groups is 2. The number of carboxylic acids is 1. The second-order valence-electron chi connectivity index (χ2n) is 5.55. The van der Waals surface area contributed by atoms with E-state index < -0.39 is 11.9 Å². The summed E-state index contributed by atoms with van der Waals surface area (Å²) in [6, 6.07) is 3.58. The summed E-state index contributed by atoms with van der Waals surface area (Å²) < 4.78 is 7.14. The normalized spacial score (nSPS) is 17.5. The van der Waals surface area contributed by atoms with Crippen molar-refractivity contribution >= 4 is 11.8 Å². The molecule has 0 radical (unpaired) electrons. The van der Waals surface area contributed by atoms with Gasteiger partial charge in [-0.3, -0.25) is 9.59 Å². The van der Waals surface area contributed by atoms with E-state index in [9.17, 15) is 14.7 Å². The van der Waals surface area contributed by atoms with Crippen molar-refractivity contribution in [2.24, 2.45) is 0 Å². The molecule has 0 fully saturated rings. The SMILES string of the molecule is Cc1ccoc1C(=O)c1c(C)cc2n1CCCC2C(=O)O. The zero-order valence-electron chi connectivity index (χ0n) is 12.0. The molecule has 1 N–H and O–H groups in total. The molecule has 2 aromatic heterocycles. The van der Waals surface area contributed by atoms with E-state index >= 15 is 0 Å². The summed E-state index contributed by atoms with van der Waals surface area (Å²) in [5, 5.41) is 9.34. The lowest BCUT2D eigenvalue weighted by Crippen LogP contribution is -2.24. The number of aromatic nitrogens is 1. The minimum Gasteiger partial charge on any atom is -0.481 e. The van der Waals surface area contributed by atoms with Gasteiger partial charge >= 0.3 is 5.97 Å². The molecule has 5 nitrogen and oxygen atoms in total. The highest BCUT2D eigenvalue weighted by Gasteiger charge is 2.32. The Morgan fingerprint density at radius 2 is 2.10 bits per heavy atom. The van der Waals surface area contributed by atoms with Crippen molar-refractivity contribution in [1.29, 1.82) is 0 Å². The molecule has 1 atom stereocenters. The van der Waals surface area contributed by atoms with Crippen molar-refractivity contribution in [1.82, 2.24) is 4.57 Å². The molecule has 3 rings (SSSR count). The Bertz CT molecular complexity index is 723. The van der Waals surface area contributed by atoms with E-state index in [1.165, 1.54) is 6.26 Å². The Balaban J connectivity index is 2.11. The van der Waals surface area contributed by atoms with E-state index in [-0.39, 0.29) is 5.78 Å². The molecule has 2 aromatic rings. The molecule has 0 saturated carbocycles. The van der Waals surface area contributed by atoms with Gasteiger partial charge < -0.3 is 14.1 Å². The van der Waals surface area contributed by atoms with Gasteiger partial charge in [-0.2, -0.15) is 0 Å². The van der Waals surface area contributed by atoms with Crippen molar-refractivity contribution in [3.05, 3.63) is 46.7 Å². The second-order valence-corrected chi connectivity index (χ2v) is 5.55. The highest BCUT2D eigenvalue weighted by Crippen LogP contribution is 2.33. The van der Waals surface area contributed by atoms with Gasteiger partial charge in [0.05, 0.1) is 17.9 Å². The zero-order chi connectivity index (χ0) is 15.1. The van der Waals surface area contributed by atoms with Gasteiger partial charge in [-0.15, -0.1) is 0 Å². The molecular formula is C16H17NO4. The van der Waals surface area contributed by atoms with E-state index in [1.807, 2.05) is 24.5 Å². The van der Waals surface area contributed by atoms with Crippen molar-refractivity contribution in [2.75, 3.05) is 0 Å². The highest BCUT2D eigenvalue weighted by atomic mass is 16.4. The maximum absolute atomic E-state index is 12.7. The van der Waals surface area contributed by atoms with E-state index in [0.29, 0.717) is 24.4 Å². The summed E-state index contributed by atoms with van der Waals surface area (Å²) in [6.45, 7) is 4.34. The van der Waals surface area contributed by atoms with Crippen molar-refractivity contribution in [2.45, 2.75) is 39.2 Å². The van der Waals surface area contributed by atoms with Gasteiger partial charge in [0.15, 0.2) is 5.76 Å². The number of fused-ring (bicyclic) bond motifs is 1. The Morgan fingerprint density at radius 1 is 1.33 bits per heavy atom. The Labute approximate surface area is 122 Å². The van der Waals surface area contributed by atoms with Crippen LogP contribution in [0.2, 0.25) is 0 Å². The Kier molecular flexibility index (Phi) is 3.20. The van der Waals surface area contributed by atoms with E-state index in [0.717, 1.165) is 23.2 Å². The fraction of sp³-hybridized carbons (Fsp3) is 0.375. The molecule has 3 heterocycles. The molecule has 110 valence electrons. The lowest BCUT2D eigenvalue weighted by molar-refractivity contribution is -0.139. The zero-order valence-corrected chi connectivity index (χ0v) is 12.0. The van der Waals surface area contributed by atoms with Crippen LogP contribution in [0.15, 0.2) is 22.8 Å². The Morgan fingerprint density at radius 3 is 2.71 bits per heavy atom. The predicted molar refractivity (Wildman–Crippen MR) is 75.7 cm³/mol. The van der Waals surface area contributed by atoms with Crippen LogP contribution >= 0.6 is 0 Å². The summed E-state index contributed by atoms with van der Waals surface area (Å²) in [6.07, 6.45) is 2.87. The number of ketones is 1. The van der Waals surface area contributed by atoms with Crippen LogP contribution in [0.1, 0.15) is 51.8 Å². The standard InChI is InChI=1S/C16H17NO4/c1-9-5-7-21-15(9)14(18)13-10(2)8-12-11(16(19)20)4-3-6-17(12)13/h5,7-8,11H,3-4,6H2,1-2H3,(H,19,20). The van der Waals surface area contributed by atoms with E-state index in [4.69, 9.17) is 4.42 Å². The smallest absolute Gasteiger partial charge is 0.312 e. The topological polar surface area (TPSA) is 72.4 Å². The molecule has 0 aliphatic carbocycles. The maximum atomic E-state index is 12.7. The predicted octanol–water partition coefficient (Wildman–Crippen LogP) is 2.89. The third-order valence-electron chi connectivity index (χ3n) is 4.13. The lowest BCUT2D eigenvalue weighted by atomic mass is 9.96. The number of aliphatic carboxylic acids is 1. The van der Waals surface area contributed by atoms with Crippen LogP contribution in [-0.2, 0) is 11.3 Å². The summed E-state index contributed by atoms with van der Waals surface area (Å²) in [7, 11) is 0. The van der Waals surface area contributed by atoms with Gasteiger partial charge in [-0.1, -0.05) is 0 Å². The second kappa shape index (κ2) is 4.91. The summed E-state index contributed by atoms with van der Waals surface area (Å²) >= 11 is 0. The minimum absolute atomic E-state index is 0.174. The van der Waals surface area contributed by atoms with E-state index in [1.54, 1.807) is 6.07 Å². The molecule has 0 bridgehead atoms. The number of furan rings is 1.